The molecule has 2 N–H and O–H groups in total. The van der Waals surface area contributed by atoms with Gasteiger partial charge in [0.2, 0.25) is 0 Å². The van der Waals surface area contributed by atoms with Crippen LogP contribution in [0.4, 0.5) is 0 Å². The minimum absolute atomic E-state index is 0.148. The Morgan fingerprint density at radius 2 is 2.11 bits per heavy atom. The van der Waals surface area contributed by atoms with Gasteiger partial charge in [0, 0.05) is 13.6 Å². The van der Waals surface area contributed by atoms with Crippen molar-refractivity contribution in [3.05, 3.63) is 15.9 Å². The molecule has 0 aliphatic carbocycles. The minimum Gasteiger partial charge on any atom is -0.393 e. The zero-order valence-corrected chi connectivity index (χ0v) is 12.8. The van der Waals surface area contributed by atoms with E-state index in [1.807, 2.05) is 13.8 Å². The van der Waals surface area contributed by atoms with E-state index < -0.39 is 6.10 Å². The molecule has 1 rings (SSSR count). The number of aliphatic hydroxyl groups excluding tert-OH is 1. The molecule has 1 amide bonds. The summed E-state index contributed by atoms with van der Waals surface area (Å²) in [7, 11) is 1.71. The van der Waals surface area contributed by atoms with Gasteiger partial charge < -0.3 is 10.0 Å². The number of carbonyl (C=O) groups excluding carboxylic acids is 1. The highest BCUT2D eigenvalue weighted by Gasteiger charge is 2.22. The Hall–Kier alpha value is -0.880. The predicted molar refractivity (Wildman–Crippen MR) is 73.6 cm³/mol. The lowest BCUT2D eigenvalue weighted by Crippen LogP contribution is -2.30. The summed E-state index contributed by atoms with van der Waals surface area (Å²) >= 11 is 3.41. The van der Waals surface area contributed by atoms with Crippen molar-refractivity contribution in [1.82, 2.24) is 15.1 Å². The molecular formula is C12H20BrN3O2. The Bertz CT molecular complexity index is 415. The predicted octanol–water partition coefficient (Wildman–Crippen LogP) is 2.14. The summed E-state index contributed by atoms with van der Waals surface area (Å²) in [5.41, 5.74) is 1.31. The Balaban J connectivity index is 2.78. The van der Waals surface area contributed by atoms with Crippen molar-refractivity contribution in [1.29, 1.82) is 0 Å². The fourth-order valence-corrected chi connectivity index (χ4v) is 2.33. The highest BCUT2D eigenvalue weighted by atomic mass is 79.9. The summed E-state index contributed by atoms with van der Waals surface area (Å²) in [6, 6.07) is 0. The van der Waals surface area contributed by atoms with Gasteiger partial charge in [-0.2, -0.15) is 5.10 Å². The van der Waals surface area contributed by atoms with E-state index in [-0.39, 0.29) is 11.8 Å². The molecule has 0 aliphatic heterocycles. The highest BCUT2D eigenvalue weighted by Crippen LogP contribution is 2.26. The van der Waals surface area contributed by atoms with Gasteiger partial charge in [-0.1, -0.05) is 13.8 Å². The number of aromatic amines is 1. The summed E-state index contributed by atoms with van der Waals surface area (Å²) in [6.07, 6.45) is 0.149. The first-order valence-corrected chi connectivity index (χ1v) is 6.81. The maximum absolute atomic E-state index is 12.1. The lowest BCUT2D eigenvalue weighted by atomic mass is 10.1. The molecule has 6 heteroatoms. The van der Waals surface area contributed by atoms with Gasteiger partial charge in [0.25, 0.3) is 5.91 Å². The Morgan fingerprint density at radius 3 is 2.56 bits per heavy atom. The minimum atomic E-state index is -0.408. The molecule has 0 radical (unpaired) electrons. The van der Waals surface area contributed by atoms with E-state index in [0.717, 1.165) is 10.2 Å². The van der Waals surface area contributed by atoms with Crippen molar-refractivity contribution in [2.24, 2.45) is 0 Å². The van der Waals surface area contributed by atoms with Crippen LogP contribution in [0.2, 0.25) is 0 Å². The maximum atomic E-state index is 12.1. The second-order valence-electron chi connectivity index (χ2n) is 4.82. The van der Waals surface area contributed by atoms with Gasteiger partial charge in [0.15, 0.2) is 5.69 Å². The van der Waals surface area contributed by atoms with Crippen LogP contribution in [0.25, 0.3) is 0 Å². The second kappa shape index (κ2) is 6.33. The van der Waals surface area contributed by atoms with Gasteiger partial charge in [-0.25, -0.2) is 0 Å². The van der Waals surface area contributed by atoms with Crippen molar-refractivity contribution < 1.29 is 9.90 Å². The summed E-state index contributed by atoms with van der Waals surface area (Å²) in [5.74, 6) is 0.127. The zero-order chi connectivity index (χ0) is 13.9. The number of hydrogen-bond donors (Lipinski definition) is 2. The average Bonchev–Trinajstić information content (AvgIpc) is 2.66. The van der Waals surface area contributed by atoms with Crippen molar-refractivity contribution >= 4 is 21.8 Å². The number of hydrogen-bond acceptors (Lipinski definition) is 3. The van der Waals surface area contributed by atoms with Crippen LogP contribution in [-0.4, -0.2) is 45.8 Å². The first kappa shape index (κ1) is 15.2. The molecule has 102 valence electrons. The van der Waals surface area contributed by atoms with Crippen LogP contribution in [0.3, 0.4) is 0 Å². The molecule has 1 heterocycles. The van der Waals surface area contributed by atoms with Gasteiger partial charge >= 0.3 is 0 Å². The molecule has 0 bridgehead atoms. The average molecular weight is 318 g/mol. The third kappa shape index (κ3) is 3.55. The quantitative estimate of drug-likeness (QED) is 0.874. The Kier molecular flexibility index (Phi) is 5.34. The molecule has 1 aromatic heterocycles. The summed E-state index contributed by atoms with van der Waals surface area (Å²) in [6.45, 7) is 6.28. The fourth-order valence-electron chi connectivity index (χ4n) is 1.53. The third-order valence-electron chi connectivity index (χ3n) is 2.74. The molecular weight excluding hydrogens is 298 g/mol. The molecule has 1 atom stereocenters. The first-order valence-electron chi connectivity index (χ1n) is 6.01. The van der Waals surface area contributed by atoms with E-state index in [9.17, 15) is 9.90 Å². The number of aromatic nitrogens is 2. The smallest absolute Gasteiger partial charge is 0.275 e. The molecule has 0 fully saturated rings. The van der Waals surface area contributed by atoms with Gasteiger partial charge in [-0.15, -0.1) is 0 Å². The third-order valence-corrected chi connectivity index (χ3v) is 3.54. The van der Waals surface area contributed by atoms with Gasteiger partial charge in [-0.05, 0) is 35.2 Å². The van der Waals surface area contributed by atoms with Crippen LogP contribution in [0.5, 0.6) is 0 Å². The molecule has 1 unspecified atom stereocenters. The SMILES string of the molecule is CC(O)CCN(C)C(=O)c1n[nH]c(C(C)C)c1Br. The largest absolute Gasteiger partial charge is 0.393 e. The number of H-pyrrole nitrogens is 1. The lowest BCUT2D eigenvalue weighted by Gasteiger charge is -2.17. The number of nitrogens with one attached hydrogen (secondary N) is 1. The van der Waals surface area contributed by atoms with Gasteiger partial charge in [-0.3, -0.25) is 9.89 Å². The number of nitrogens with zero attached hydrogens (tertiary/aromatic N) is 2. The topological polar surface area (TPSA) is 69.2 Å². The summed E-state index contributed by atoms with van der Waals surface area (Å²) in [5, 5.41) is 16.2. The van der Waals surface area contributed by atoms with E-state index in [0.29, 0.717) is 18.7 Å². The van der Waals surface area contributed by atoms with Crippen molar-refractivity contribution in [3.63, 3.8) is 0 Å². The number of amides is 1. The number of aliphatic hydroxyl groups is 1. The molecule has 18 heavy (non-hydrogen) atoms. The fraction of sp³-hybridized carbons (Fsp3) is 0.667. The van der Waals surface area contributed by atoms with Crippen LogP contribution in [-0.2, 0) is 0 Å². The number of rotatable bonds is 5. The lowest BCUT2D eigenvalue weighted by molar-refractivity contribution is 0.0762. The second-order valence-corrected chi connectivity index (χ2v) is 5.61. The molecule has 0 aromatic carbocycles. The first-order chi connectivity index (χ1) is 8.34. The Labute approximate surface area is 116 Å². The van der Waals surface area contributed by atoms with Crippen LogP contribution >= 0.6 is 15.9 Å². The van der Waals surface area contributed by atoms with Crippen molar-refractivity contribution in [2.45, 2.75) is 39.2 Å². The Morgan fingerprint density at radius 1 is 1.50 bits per heavy atom. The normalized spacial score (nSPS) is 12.8. The van der Waals surface area contributed by atoms with E-state index in [2.05, 4.69) is 26.1 Å². The molecule has 5 nitrogen and oxygen atoms in total. The maximum Gasteiger partial charge on any atom is 0.275 e. The van der Waals surface area contributed by atoms with E-state index in [1.54, 1.807) is 18.9 Å². The zero-order valence-electron chi connectivity index (χ0n) is 11.2. The molecule has 0 aliphatic rings. The standard InChI is InChI=1S/C12H20BrN3O2/c1-7(2)10-9(13)11(15-14-10)12(18)16(4)6-5-8(3)17/h7-8,17H,5-6H2,1-4H3,(H,14,15). The van der Waals surface area contributed by atoms with Crippen LogP contribution < -0.4 is 0 Å². The van der Waals surface area contributed by atoms with E-state index in [4.69, 9.17) is 0 Å². The molecule has 0 spiro atoms. The van der Waals surface area contributed by atoms with Crippen LogP contribution in [0, 0.1) is 0 Å². The van der Waals surface area contributed by atoms with Crippen molar-refractivity contribution in [2.75, 3.05) is 13.6 Å². The summed E-state index contributed by atoms with van der Waals surface area (Å²) in [4.78, 5) is 13.7. The summed E-state index contributed by atoms with van der Waals surface area (Å²) < 4.78 is 0.728. The molecule has 0 saturated heterocycles. The van der Waals surface area contributed by atoms with Crippen molar-refractivity contribution in [3.8, 4) is 0 Å². The van der Waals surface area contributed by atoms with Gasteiger partial charge in [0.1, 0.15) is 0 Å². The molecule has 1 aromatic rings. The monoisotopic (exact) mass is 317 g/mol. The number of halogens is 1. The molecule has 0 saturated carbocycles. The van der Waals surface area contributed by atoms with Crippen LogP contribution in [0.1, 0.15) is 49.3 Å². The van der Waals surface area contributed by atoms with Gasteiger partial charge in [0.05, 0.1) is 16.3 Å². The highest BCUT2D eigenvalue weighted by molar-refractivity contribution is 9.10. The van der Waals surface area contributed by atoms with Crippen LogP contribution in [0.15, 0.2) is 4.47 Å². The van der Waals surface area contributed by atoms with E-state index in [1.165, 1.54) is 0 Å². The van der Waals surface area contributed by atoms with E-state index >= 15 is 0 Å². The number of carbonyl (C=O) groups is 1.